The number of hydrogen-bond acceptors (Lipinski definition) is 1. The van der Waals surface area contributed by atoms with Crippen molar-refractivity contribution in [2.75, 3.05) is 6.26 Å². The second kappa shape index (κ2) is 3.47. The minimum absolute atomic E-state index is 1.22. The van der Waals surface area contributed by atoms with Gasteiger partial charge in [-0.1, -0.05) is 30.9 Å². The summed E-state index contributed by atoms with van der Waals surface area (Å²) in [6.45, 7) is 3.73. The van der Waals surface area contributed by atoms with Crippen molar-refractivity contribution < 1.29 is 0 Å². The second-order valence-corrected chi connectivity index (χ2v) is 2.79. The average molecular weight is 150 g/mol. The quantitative estimate of drug-likeness (QED) is 0.584. The Morgan fingerprint density at radius 2 is 2.10 bits per heavy atom. The van der Waals surface area contributed by atoms with Crippen molar-refractivity contribution >= 4 is 17.8 Å². The Kier molecular flexibility index (Phi) is 2.57. The van der Waals surface area contributed by atoms with Crippen molar-refractivity contribution in [3.8, 4) is 0 Å². The molecule has 1 aromatic carbocycles. The molecule has 0 radical (unpaired) electrons. The van der Waals surface area contributed by atoms with E-state index < -0.39 is 0 Å². The van der Waals surface area contributed by atoms with E-state index in [4.69, 9.17) is 0 Å². The molecular formula is C9H10S. The largest absolute Gasteiger partial charge is 0.129 e. The highest BCUT2D eigenvalue weighted by Crippen LogP contribution is 2.19. The number of benzene rings is 1. The van der Waals surface area contributed by atoms with Gasteiger partial charge in [-0.15, -0.1) is 11.8 Å². The first kappa shape index (κ1) is 7.42. The Hall–Kier alpha value is -0.690. The van der Waals surface area contributed by atoms with Gasteiger partial charge in [-0.05, 0) is 17.9 Å². The van der Waals surface area contributed by atoms with Crippen LogP contribution in [0.3, 0.4) is 0 Å². The maximum atomic E-state index is 3.73. The molecule has 10 heavy (non-hydrogen) atoms. The third-order valence-electron chi connectivity index (χ3n) is 1.36. The molecule has 0 aliphatic carbocycles. The van der Waals surface area contributed by atoms with Gasteiger partial charge in [-0.3, -0.25) is 0 Å². The van der Waals surface area contributed by atoms with E-state index in [1.807, 2.05) is 18.2 Å². The van der Waals surface area contributed by atoms with E-state index in [0.717, 1.165) is 0 Å². The first-order valence-electron chi connectivity index (χ1n) is 3.14. The molecule has 0 atom stereocenters. The van der Waals surface area contributed by atoms with Crippen molar-refractivity contribution in [2.24, 2.45) is 0 Å². The lowest BCUT2D eigenvalue weighted by Gasteiger charge is -1.99. The molecule has 0 aliphatic heterocycles. The number of hydrogen-bond donors (Lipinski definition) is 0. The van der Waals surface area contributed by atoms with E-state index in [-0.39, 0.29) is 0 Å². The van der Waals surface area contributed by atoms with Gasteiger partial charge in [0.15, 0.2) is 0 Å². The van der Waals surface area contributed by atoms with Crippen LogP contribution in [0.25, 0.3) is 6.08 Å². The normalized spacial score (nSPS) is 9.30. The minimum Gasteiger partial charge on any atom is -0.129 e. The van der Waals surface area contributed by atoms with Gasteiger partial charge < -0.3 is 0 Å². The van der Waals surface area contributed by atoms with Crippen molar-refractivity contribution in [2.45, 2.75) is 4.90 Å². The van der Waals surface area contributed by atoms with Crippen molar-refractivity contribution in [3.63, 3.8) is 0 Å². The predicted molar refractivity (Wildman–Crippen MR) is 48.3 cm³/mol. The van der Waals surface area contributed by atoms with Crippen LogP contribution in [0.15, 0.2) is 35.7 Å². The van der Waals surface area contributed by atoms with E-state index in [2.05, 4.69) is 25.0 Å². The summed E-state index contributed by atoms with van der Waals surface area (Å²) in [5.41, 5.74) is 1.22. The monoisotopic (exact) mass is 150 g/mol. The van der Waals surface area contributed by atoms with Gasteiger partial charge in [-0.25, -0.2) is 0 Å². The lowest BCUT2D eigenvalue weighted by atomic mass is 10.2. The summed E-state index contributed by atoms with van der Waals surface area (Å²) < 4.78 is 0. The first-order valence-corrected chi connectivity index (χ1v) is 4.36. The highest BCUT2D eigenvalue weighted by molar-refractivity contribution is 7.98. The van der Waals surface area contributed by atoms with E-state index in [9.17, 15) is 0 Å². The molecular weight excluding hydrogens is 140 g/mol. The third kappa shape index (κ3) is 1.42. The summed E-state index contributed by atoms with van der Waals surface area (Å²) in [6.07, 6.45) is 3.95. The Morgan fingerprint density at radius 3 is 2.60 bits per heavy atom. The SMILES string of the molecule is C=Cc1ccccc1SC. The fourth-order valence-corrected chi connectivity index (χ4v) is 1.44. The van der Waals surface area contributed by atoms with Crippen LogP contribution in [0.2, 0.25) is 0 Å². The molecule has 0 saturated carbocycles. The molecule has 0 nitrogen and oxygen atoms in total. The average Bonchev–Trinajstić information content (AvgIpc) is 2.04. The van der Waals surface area contributed by atoms with Gasteiger partial charge in [0, 0.05) is 4.90 Å². The zero-order valence-electron chi connectivity index (χ0n) is 6.00. The molecule has 0 bridgehead atoms. The van der Waals surface area contributed by atoms with Crippen LogP contribution in [0.4, 0.5) is 0 Å². The van der Waals surface area contributed by atoms with Crippen LogP contribution in [0.5, 0.6) is 0 Å². The molecule has 0 N–H and O–H groups in total. The summed E-state index contributed by atoms with van der Waals surface area (Å²) >= 11 is 1.75. The van der Waals surface area contributed by atoms with Crippen LogP contribution in [-0.2, 0) is 0 Å². The van der Waals surface area contributed by atoms with Gasteiger partial charge in [0.2, 0.25) is 0 Å². The van der Waals surface area contributed by atoms with Crippen LogP contribution in [0.1, 0.15) is 5.56 Å². The minimum atomic E-state index is 1.22. The molecule has 0 saturated heterocycles. The van der Waals surface area contributed by atoms with Crippen LogP contribution in [0, 0.1) is 0 Å². The maximum Gasteiger partial charge on any atom is 0.0141 e. The number of thioether (sulfide) groups is 1. The Morgan fingerprint density at radius 1 is 1.40 bits per heavy atom. The summed E-state index contributed by atoms with van der Waals surface area (Å²) in [5.74, 6) is 0. The molecule has 1 rings (SSSR count). The predicted octanol–water partition coefficient (Wildman–Crippen LogP) is 3.05. The van der Waals surface area contributed by atoms with Gasteiger partial charge in [0.1, 0.15) is 0 Å². The second-order valence-electron chi connectivity index (χ2n) is 1.95. The van der Waals surface area contributed by atoms with E-state index >= 15 is 0 Å². The smallest absolute Gasteiger partial charge is 0.0141 e. The molecule has 0 fully saturated rings. The van der Waals surface area contributed by atoms with Crippen LogP contribution >= 0.6 is 11.8 Å². The fourth-order valence-electron chi connectivity index (χ4n) is 0.835. The number of rotatable bonds is 2. The maximum absolute atomic E-state index is 3.73. The summed E-state index contributed by atoms with van der Waals surface area (Å²) in [4.78, 5) is 1.29. The third-order valence-corrected chi connectivity index (χ3v) is 2.17. The molecule has 0 aliphatic rings. The molecule has 0 aromatic heterocycles. The standard InChI is InChI=1S/C9H10S/c1-3-8-6-4-5-7-9(8)10-2/h3-7H,1H2,2H3. The molecule has 1 heteroatoms. The van der Waals surface area contributed by atoms with Gasteiger partial charge in [0.05, 0.1) is 0 Å². The topological polar surface area (TPSA) is 0 Å². The Balaban J connectivity index is 3.08. The van der Waals surface area contributed by atoms with Gasteiger partial charge in [0.25, 0.3) is 0 Å². The molecule has 52 valence electrons. The summed E-state index contributed by atoms with van der Waals surface area (Å²) in [7, 11) is 0. The van der Waals surface area contributed by atoms with Gasteiger partial charge >= 0.3 is 0 Å². The van der Waals surface area contributed by atoms with Crippen molar-refractivity contribution in [1.82, 2.24) is 0 Å². The summed E-state index contributed by atoms with van der Waals surface area (Å²) in [5, 5.41) is 0. The first-order chi connectivity index (χ1) is 4.88. The lowest BCUT2D eigenvalue weighted by Crippen LogP contribution is -1.74. The summed E-state index contributed by atoms with van der Waals surface area (Å²) in [6, 6.07) is 8.23. The lowest BCUT2D eigenvalue weighted by molar-refractivity contribution is 1.43. The molecule has 0 unspecified atom stereocenters. The Bertz CT molecular complexity index is 228. The van der Waals surface area contributed by atoms with Crippen LogP contribution < -0.4 is 0 Å². The zero-order valence-corrected chi connectivity index (χ0v) is 6.82. The fraction of sp³-hybridized carbons (Fsp3) is 0.111. The molecule has 0 spiro atoms. The highest BCUT2D eigenvalue weighted by Gasteiger charge is 1.92. The van der Waals surface area contributed by atoms with E-state index in [1.54, 1.807) is 11.8 Å². The van der Waals surface area contributed by atoms with E-state index in [0.29, 0.717) is 0 Å². The van der Waals surface area contributed by atoms with Crippen molar-refractivity contribution in [3.05, 3.63) is 36.4 Å². The van der Waals surface area contributed by atoms with Crippen LogP contribution in [-0.4, -0.2) is 6.26 Å². The molecule has 0 amide bonds. The van der Waals surface area contributed by atoms with Gasteiger partial charge in [-0.2, -0.15) is 0 Å². The zero-order chi connectivity index (χ0) is 7.40. The van der Waals surface area contributed by atoms with Crippen molar-refractivity contribution in [1.29, 1.82) is 0 Å². The molecule has 0 heterocycles. The highest BCUT2D eigenvalue weighted by atomic mass is 32.2. The van der Waals surface area contributed by atoms with E-state index in [1.165, 1.54) is 10.5 Å². The Labute approximate surface area is 66.0 Å². The molecule has 1 aromatic rings.